The molecule has 0 heterocycles. The molecule has 0 fully saturated rings. The highest BCUT2D eigenvalue weighted by Crippen LogP contribution is 2.13. The Labute approximate surface area is 108 Å². The molecule has 1 aromatic carbocycles. The topological polar surface area (TPSA) is 41.1 Å². The van der Waals surface area contributed by atoms with Crippen molar-refractivity contribution in [1.29, 1.82) is 0 Å². The minimum atomic E-state index is -0.337. The summed E-state index contributed by atoms with van der Waals surface area (Å²) in [6.45, 7) is 4.81. The second-order valence-corrected chi connectivity index (χ2v) is 4.27. The van der Waals surface area contributed by atoms with E-state index in [1.807, 2.05) is 31.2 Å². The smallest absolute Gasteiger partial charge is 0.242 e. The van der Waals surface area contributed by atoms with Crippen LogP contribution in [0.1, 0.15) is 18.9 Å². The van der Waals surface area contributed by atoms with Crippen molar-refractivity contribution in [2.45, 2.75) is 26.3 Å². The Kier molecular flexibility index (Phi) is 6.01. The summed E-state index contributed by atoms with van der Waals surface area (Å²) >= 11 is 5.78. The molecule has 94 valence electrons. The van der Waals surface area contributed by atoms with Gasteiger partial charge in [-0.2, -0.15) is 0 Å². The fourth-order valence-corrected chi connectivity index (χ4v) is 1.72. The van der Waals surface area contributed by atoms with Crippen molar-refractivity contribution >= 4 is 23.2 Å². The SMILES string of the molecule is CCCNC(CCl)C(=O)Nc1ccccc1C. The van der Waals surface area contributed by atoms with Crippen LogP contribution in [0.2, 0.25) is 0 Å². The average molecular weight is 255 g/mol. The van der Waals surface area contributed by atoms with E-state index in [-0.39, 0.29) is 17.8 Å². The minimum absolute atomic E-state index is 0.0808. The van der Waals surface area contributed by atoms with Crippen molar-refractivity contribution in [3.8, 4) is 0 Å². The third kappa shape index (κ3) is 4.36. The number of para-hydroxylation sites is 1. The van der Waals surface area contributed by atoms with Gasteiger partial charge in [-0.3, -0.25) is 4.79 Å². The first kappa shape index (κ1) is 14.0. The molecule has 1 aromatic rings. The van der Waals surface area contributed by atoms with Crippen molar-refractivity contribution in [3.63, 3.8) is 0 Å². The zero-order valence-corrected chi connectivity index (χ0v) is 11.1. The van der Waals surface area contributed by atoms with E-state index < -0.39 is 0 Å². The lowest BCUT2D eigenvalue weighted by atomic mass is 10.2. The molecular formula is C13H19ClN2O. The highest BCUT2D eigenvalue weighted by Gasteiger charge is 2.16. The monoisotopic (exact) mass is 254 g/mol. The number of anilines is 1. The van der Waals surface area contributed by atoms with Gasteiger partial charge in [0.25, 0.3) is 0 Å². The van der Waals surface area contributed by atoms with E-state index in [9.17, 15) is 4.79 Å². The first-order valence-electron chi connectivity index (χ1n) is 5.84. The number of halogens is 1. The summed E-state index contributed by atoms with van der Waals surface area (Å²) in [6, 6.07) is 7.36. The molecule has 4 heteroatoms. The van der Waals surface area contributed by atoms with E-state index in [4.69, 9.17) is 11.6 Å². The Bertz CT molecular complexity index is 368. The summed E-state index contributed by atoms with van der Waals surface area (Å²) in [4.78, 5) is 11.9. The fraction of sp³-hybridized carbons (Fsp3) is 0.462. The highest BCUT2D eigenvalue weighted by molar-refractivity contribution is 6.20. The van der Waals surface area contributed by atoms with Gasteiger partial charge in [0.15, 0.2) is 0 Å². The number of rotatable bonds is 6. The van der Waals surface area contributed by atoms with Crippen molar-refractivity contribution in [3.05, 3.63) is 29.8 Å². The van der Waals surface area contributed by atoms with Gasteiger partial charge < -0.3 is 10.6 Å². The fourth-order valence-electron chi connectivity index (χ4n) is 1.47. The Hall–Kier alpha value is -1.06. The molecule has 0 aliphatic heterocycles. The number of benzene rings is 1. The number of amides is 1. The normalized spacial score (nSPS) is 12.2. The molecule has 1 rings (SSSR count). The summed E-state index contributed by atoms with van der Waals surface area (Å²) in [7, 11) is 0. The first-order chi connectivity index (χ1) is 8.19. The molecule has 0 saturated carbocycles. The van der Waals surface area contributed by atoms with Gasteiger partial charge in [-0.25, -0.2) is 0 Å². The Morgan fingerprint density at radius 3 is 2.71 bits per heavy atom. The van der Waals surface area contributed by atoms with Crippen LogP contribution in [-0.4, -0.2) is 24.4 Å². The Morgan fingerprint density at radius 2 is 2.12 bits per heavy atom. The van der Waals surface area contributed by atoms with E-state index >= 15 is 0 Å². The predicted octanol–water partition coefficient (Wildman–Crippen LogP) is 2.54. The van der Waals surface area contributed by atoms with Gasteiger partial charge in [-0.1, -0.05) is 25.1 Å². The molecular weight excluding hydrogens is 236 g/mol. The molecule has 3 nitrogen and oxygen atoms in total. The standard InChI is InChI=1S/C13H19ClN2O/c1-3-8-15-12(9-14)13(17)16-11-7-5-4-6-10(11)2/h4-7,12,15H,3,8-9H2,1-2H3,(H,16,17). The van der Waals surface area contributed by atoms with Crippen LogP contribution < -0.4 is 10.6 Å². The number of aryl methyl sites for hydroxylation is 1. The molecule has 0 bridgehead atoms. The van der Waals surface area contributed by atoms with Gasteiger partial charge >= 0.3 is 0 Å². The number of carbonyl (C=O) groups excluding carboxylic acids is 1. The molecule has 0 spiro atoms. The van der Waals surface area contributed by atoms with Gasteiger partial charge in [-0.05, 0) is 31.5 Å². The van der Waals surface area contributed by atoms with Crippen LogP contribution in [0.25, 0.3) is 0 Å². The van der Waals surface area contributed by atoms with E-state index in [1.165, 1.54) is 0 Å². The summed E-state index contributed by atoms with van der Waals surface area (Å²) in [5, 5.41) is 6.00. The third-order valence-corrected chi connectivity index (χ3v) is 2.82. The lowest BCUT2D eigenvalue weighted by Gasteiger charge is -2.16. The van der Waals surface area contributed by atoms with Crippen LogP contribution in [0, 0.1) is 6.92 Å². The van der Waals surface area contributed by atoms with E-state index in [0.717, 1.165) is 24.2 Å². The predicted molar refractivity (Wildman–Crippen MR) is 72.6 cm³/mol. The van der Waals surface area contributed by atoms with Gasteiger partial charge in [0.05, 0.1) is 0 Å². The van der Waals surface area contributed by atoms with Crippen molar-refractivity contribution in [2.24, 2.45) is 0 Å². The van der Waals surface area contributed by atoms with Gasteiger partial charge in [0.2, 0.25) is 5.91 Å². The Morgan fingerprint density at radius 1 is 1.41 bits per heavy atom. The summed E-state index contributed by atoms with van der Waals surface area (Å²) in [5.41, 5.74) is 1.88. The van der Waals surface area contributed by atoms with Crippen LogP contribution in [0.5, 0.6) is 0 Å². The number of hydrogen-bond donors (Lipinski definition) is 2. The zero-order valence-electron chi connectivity index (χ0n) is 10.3. The summed E-state index contributed by atoms with van der Waals surface area (Å²) in [6.07, 6.45) is 0.977. The second-order valence-electron chi connectivity index (χ2n) is 3.97. The number of carbonyl (C=O) groups is 1. The molecule has 2 N–H and O–H groups in total. The van der Waals surface area contributed by atoms with Gasteiger partial charge in [-0.15, -0.1) is 11.6 Å². The lowest BCUT2D eigenvalue weighted by Crippen LogP contribution is -2.42. The maximum atomic E-state index is 11.9. The van der Waals surface area contributed by atoms with Crippen molar-refractivity contribution < 1.29 is 4.79 Å². The molecule has 1 unspecified atom stereocenters. The molecule has 0 aromatic heterocycles. The summed E-state index contributed by atoms with van der Waals surface area (Å²) < 4.78 is 0. The maximum Gasteiger partial charge on any atom is 0.242 e. The van der Waals surface area contributed by atoms with Crippen LogP contribution in [-0.2, 0) is 4.79 Å². The van der Waals surface area contributed by atoms with Gasteiger partial charge in [0.1, 0.15) is 6.04 Å². The molecule has 17 heavy (non-hydrogen) atoms. The maximum absolute atomic E-state index is 11.9. The lowest BCUT2D eigenvalue weighted by molar-refractivity contribution is -0.117. The summed E-state index contributed by atoms with van der Waals surface area (Å²) in [5.74, 6) is 0.195. The average Bonchev–Trinajstić information content (AvgIpc) is 2.33. The molecule has 0 aliphatic rings. The second kappa shape index (κ2) is 7.30. The van der Waals surface area contributed by atoms with Crippen molar-refractivity contribution in [1.82, 2.24) is 5.32 Å². The van der Waals surface area contributed by atoms with Gasteiger partial charge in [0, 0.05) is 11.6 Å². The Balaban J connectivity index is 2.61. The van der Waals surface area contributed by atoms with Crippen LogP contribution in [0.4, 0.5) is 5.69 Å². The first-order valence-corrected chi connectivity index (χ1v) is 6.38. The van der Waals surface area contributed by atoms with E-state index in [0.29, 0.717) is 0 Å². The third-order valence-electron chi connectivity index (χ3n) is 2.51. The van der Waals surface area contributed by atoms with Crippen LogP contribution in [0.3, 0.4) is 0 Å². The zero-order chi connectivity index (χ0) is 12.7. The molecule has 0 radical (unpaired) electrons. The quantitative estimate of drug-likeness (QED) is 0.766. The largest absolute Gasteiger partial charge is 0.324 e. The van der Waals surface area contributed by atoms with Crippen LogP contribution >= 0.6 is 11.6 Å². The van der Waals surface area contributed by atoms with E-state index in [1.54, 1.807) is 0 Å². The number of nitrogens with one attached hydrogen (secondary N) is 2. The van der Waals surface area contributed by atoms with Crippen molar-refractivity contribution in [2.75, 3.05) is 17.7 Å². The van der Waals surface area contributed by atoms with E-state index in [2.05, 4.69) is 17.6 Å². The van der Waals surface area contributed by atoms with Crippen LogP contribution in [0.15, 0.2) is 24.3 Å². The minimum Gasteiger partial charge on any atom is -0.324 e. The highest BCUT2D eigenvalue weighted by atomic mass is 35.5. The number of hydrogen-bond acceptors (Lipinski definition) is 2. The molecule has 1 amide bonds. The molecule has 0 aliphatic carbocycles. The number of alkyl halides is 1. The molecule has 1 atom stereocenters. The molecule has 0 saturated heterocycles.